The maximum atomic E-state index is 10.9. The SMILES string of the molecule is COc1cc2c(cc1OC)CN(c1ccc(C(=O)O)cc1)CC2. The van der Waals surface area contributed by atoms with Crippen LogP contribution in [0.4, 0.5) is 5.69 Å². The highest BCUT2D eigenvalue weighted by Gasteiger charge is 2.20. The first-order valence-corrected chi connectivity index (χ1v) is 7.44. The molecular formula is C18H19NO4. The van der Waals surface area contributed by atoms with E-state index in [9.17, 15) is 4.79 Å². The van der Waals surface area contributed by atoms with E-state index in [1.54, 1.807) is 26.4 Å². The Balaban J connectivity index is 1.86. The maximum Gasteiger partial charge on any atom is 0.335 e. The molecule has 120 valence electrons. The lowest BCUT2D eigenvalue weighted by atomic mass is 9.98. The average Bonchev–Trinajstić information content (AvgIpc) is 2.60. The summed E-state index contributed by atoms with van der Waals surface area (Å²) in [5.74, 6) is 0.581. The highest BCUT2D eigenvalue weighted by Crippen LogP contribution is 2.34. The van der Waals surface area contributed by atoms with Crippen molar-refractivity contribution in [2.75, 3.05) is 25.7 Å². The van der Waals surface area contributed by atoms with E-state index < -0.39 is 5.97 Å². The maximum absolute atomic E-state index is 10.9. The zero-order valence-electron chi connectivity index (χ0n) is 13.2. The molecule has 0 unspecified atom stereocenters. The van der Waals surface area contributed by atoms with Crippen LogP contribution in [0.1, 0.15) is 21.5 Å². The molecular weight excluding hydrogens is 294 g/mol. The quantitative estimate of drug-likeness (QED) is 0.940. The monoisotopic (exact) mass is 313 g/mol. The van der Waals surface area contributed by atoms with Crippen LogP contribution in [0.15, 0.2) is 36.4 Å². The molecule has 1 N–H and O–H groups in total. The molecule has 0 spiro atoms. The molecule has 23 heavy (non-hydrogen) atoms. The van der Waals surface area contributed by atoms with E-state index in [1.165, 1.54) is 11.1 Å². The Morgan fingerprint density at radius 2 is 1.65 bits per heavy atom. The molecule has 1 heterocycles. The van der Waals surface area contributed by atoms with E-state index in [0.29, 0.717) is 5.56 Å². The highest BCUT2D eigenvalue weighted by atomic mass is 16.5. The van der Waals surface area contributed by atoms with Gasteiger partial charge >= 0.3 is 5.97 Å². The van der Waals surface area contributed by atoms with E-state index in [4.69, 9.17) is 14.6 Å². The first-order chi connectivity index (χ1) is 11.1. The van der Waals surface area contributed by atoms with E-state index in [2.05, 4.69) is 4.90 Å². The van der Waals surface area contributed by atoms with Gasteiger partial charge in [0.15, 0.2) is 11.5 Å². The van der Waals surface area contributed by atoms with Gasteiger partial charge < -0.3 is 19.5 Å². The summed E-state index contributed by atoms with van der Waals surface area (Å²) in [5, 5.41) is 8.98. The molecule has 2 aromatic carbocycles. The van der Waals surface area contributed by atoms with E-state index >= 15 is 0 Å². The van der Waals surface area contributed by atoms with Crippen molar-refractivity contribution in [3.8, 4) is 11.5 Å². The van der Waals surface area contributed by atoms with E-state index in [1.807, 2.05) is 24.3 Å². The number of carboxylic acid groups (broad SMARTS) is 1. The number of aromatic carboxylic acids is 1. The van der Waals surface area contributed by atoms with Crippen LogP contribution in [0.2, 0.25) is 0 Å². The number of ether oxygens (including phenoxy) is 2. The molecule has 0 saturated carbocycles. The lowest BCUT2D eigenvalue weighted by molar-refractivity contribution is 0.0697. The molecule has 0 atom stereocenters. The molecule has 5 heteroatoms. The molecule has 2 aromatic rings. The lowest BCUT2D eigenvalue weighted by Crippen LogP contribution is -2.30. The normalized spacial score (nSPS) is 13.4. The first-order valence-electron chi connectivity index (χ1n) is 7.44. The van der Waals surface area contributed by atoms with E-state index in [-0.39, 0.29) is 0 Å². The van der Waals surface area contributed by atoms with Crippen LogP contribution in [0.5, 0.6) is 11.5 Å². The molecule has 1 aliphatic heterocycles. The fraction of sp³-hybridized carbons (Fsp3) is 0.278. The van der Waals surface area contributed by atoms with Crippen molar-refractivity contribution < 1.29 is 19.4 Å². The van der Waals surface area contributed by atoms with Crippen molar-refractivity contribution in [3.05, 3.63) is 53.1 Å². The number of carboxylic acids is 1. The van der Waals surface area contributed by atoms with Gasteiger partial charge in [0, 0.05) is 18.8 Å². The third kappa shape index (κ3) is 2.95. The second-order valence-corrected chi connectivity index (χ2v) is 5.50. The summed E-state index contributed by atoms with van der Waals surface area (Å²) in [6.45, 7) is 1.65. The van der Waals surface area contributed by atoms with Gasteiger partial charge in [-0.15, -0.1) is 0 Å². The topological polar surface area (TPSA) is 59.0 Å². The fourth-order valence-corrected chi connectivity index (χ4v) is 2.92. The number of anilines is 1. The van der Waals surface area contributed by atoms with Gasteiger partial charge in [-0.25, -0.2) is 4.79 Å². The van der Waals surface area contributed by atoms with Crippen molar-refractivity contribution >= 4 is 11.7 Å². The minimum atomic E-state index is -0.905. The average molecular weight is 313 g/mol. The van der Waals surface area contributed by atoms with Gasteiger partial charge in [0.2, 0.25) is 0 Å². The van der Waals surface area contributed by atoms with Crippen LogP contribution in [-0.4, -0.2) is 31.8 Å². The summed E-state index contributed by atoms with van der Waals surface area (Å²) in [4.78, 5) is 13.2. The van der Waals surface area contributed by atoms with Crippen molar-refractivity contribution in [1.29, 1.82) is 0 Å². The summed E-state index contributed by atoms with van der Waals surface area (Å²) >= 11 is 0. The Morgan fingerprint density at radius 3 is 2.22 bits per heavy atom. The lowest BCUT2D eigenvalue weighted by Gasteiger charge is -2.31. The largest absolute Gasteiger partial charge is 0.493 e. The second kappa shape index (κ2) is 6.20. The van der Waals surface area contributed by atoms with Crippen molar-refractivity contribution in [3.63, 3.8) is 0 Å². The molecule has 0 saturated heterocycles. The number of fused-ring (bicyclic) bond motifs is 1. The minimum Gasteiger partial charge on any atom is -0.493 e. The molecule has 0 aromatic heterocycles. The molecule has 5 nitrogen and oxygen atoms in total. The van der Waals surface area contributed by atoms with Crippen molar-refractivity contribution in [2.24, 2.45) is 0 Å². The van der Waals surface area contributed by atoms with Crippen LogP contribution >= 0.6 is 0 Å². The Hall–Kier alpha value is -2.69. The number of carbonyl (C=O) groups is 1. The number of benzene rings is 2. The standard InChI is InChI=1S/C18H19NO4/c1-22-16-9-13-7-8-19(11-14(13)10-17(16)23-2)15-5-3-12(4-6-15)18(20)21/h3-6,9-10H,7-8,11H2,1-2H3,(H,20,21). The van der Waals surface area contributed by atoms with Crippen LogP contribution in [0, 0.1) is 0 Å². The summed E-state index contributed by atoms with van der Waals surface area (Å²) in [6, 6.07) is 11.1. The molecule has 0 radical (unpaired) electrons. The Kier molecular flexibility index (Phi) is 4.10. The predicted octanol–water partition coefficient (Wildman–Crippen LogP) is 2.96. The summed E-state index contributed by atoms with van der Waals surface area (Å²) in [5.41, 5.74) is 3.80. The predicted molar refractivity (Wildman–Crippen MR) is 87.7 cm³/mol. The second-order valence-electron chi connectivity index (χ2n) is 5.50. The molecule has 0 fully saturated rings. The van der Waals surface area contributed by atoms with Gasteiger partial charge in [0.25, 0.3) is 0 Å². The van der Waals surface area contributed by atoms with Crippen molar-refractivity contribution in [1.82, 2.24) is 0 Å². The molecule has 0 aliphatic carbocycles. The minimum absolute atomic E-state index is 0.303. The molecule has 0 amide bonds. The summed E-state index contributed by atoms with van der Waals surface area (Å²) < 4.78 is 10.7. The molecule has 0 bridgehead atoms. The molecule has 1 aliphatic rings. The summed E-state index contributed by atoms with van der Waals surface area (Å²) in [7, 11) is 3.28. The van der Waals surface area contributed by atoms with Crippen molar-refractivity contribution in [2.45, 2.75) is 13.0 Å². The van der Waals surface area contributed by atoms with Gasteiger partial charge in [-0.3, -0.25) is 0 Å². The number of hydrogen-bond acceptors (Lipinski definition) is 4. The van der Waals surface area contributed by atoms with Gasteiger partial charge in [0.05, 0.1) is 19.8 Å². The van der Waals surface area contributed by atoms with Gasteiger partial charge in [-0.05, 0) is 53.9 Å². The third-order valence-corrected chi connectivity index (χ3v) is 4.20. The Bertz CT molecular complexity index is 725. The number of methoxy groups -OCH3 is 2. The number of nitrogens with zero attached hydrogens (tertiary/aromatic N) is 1. The first kappa shape index (κ1) is 15.2. The highest BCUT2D eigenvalue weighted by molar-refractivity contribution is 5.88. The van der Waals surface area contributed by atoms with Crippen LogP contribution < -0.4 is 14.4 Å². The Morgan fingerprint density at radius 1 is 1.04 bits per heavy atom. The van der Waals surface area contributed by atoms with Crippen LogP contribution in [-0.2, 0) is 13.0 Å². The van der Waals surface area contributed by atoms with Gasteiger partial charge in [-0.2, -0.15) is 0 Å². The number of hydrogen-bond donors (Lipinski definition) is 1. The zero-order valence-corrected chi connectivity index (χ0v) is 13.2. The smallest absolute Gasteiger partial charge is 0.335 e. The number of rotatable bonds is 4. The summed E-state index contributed by atoms with van der Waals surface area (Å²) in [6.07, 6.45) is 0.913. The van der Waals surface area contributed by atoms with Gasteiger partial charge in [0.1, 0.15) is 0 Å². The molecule has 3 rings (SSSR count). The Labute approximate surface area is 135 Å². The zero-order chi connectivity index (χ0) is 16.4. The van der Waals surface area contributed by atoms with Crippen LogP contribution in [0.3, 0.4) is 0 Å². The fourth-order valence-electron chi connectivity index (χ4n) is 2.92. The van der Waals surface area contributed by atoms with Crippen LogP contribution in [0.25, 0.3) is 0 Å². The van der Waals surface area contributed by atoms with Gasteiger partial charge in [-0.1, -0.05) is 0 Å². The van der Waals surface area contributed by atoms with E-state index in [0.717, 1.165) is 36.7 Å². The third-order valence-electron chi connectivity index (χ3n) is 4.20.